The van der Waals surface area contributed by atoms with Crippen molar-refractivity contribution in [3.63, 3.8) is 0 Å². The molecule has 2 heterocycles. The first-order valence-electron chi connectivity index (χ1n) is 5.81. The molecule has 0 saturated carbocycles. The normalized spacial score (nSPS) is 17.9. The number of fused-ring (bicyclic) bond motifs is 1. The second-order valence-corrected chi connectivity index (χ2v) is 4.09. The van der Waals surface area contributed by atoms with Crippen LogP contribution in [0.4, 0.5) is 14.7 Å². The number of hydrogen-bond donors (Lipinski definition) is 1. The number of rotatable bonds is 3. The van der Waals surface area contributed by atoms with Crippen molar-refractivity contribution in [2.75, 3.05) is 11.9 Å². The van der Waals surface area contributed by atoms with E-state index in [0.29, 0.717) is 24.5 Å². The predicted octanol–water partition coefficient (Wildman–Crippen LogP) is 1.68. The molecular formula is C11H11F2N5O. The maximum atomic E-state index is 12.4. The van der Waals surface area contributed by atoms with Crippen LogP contribution in [0, 0.1) is 0 Å². The van der Waals surface area contributed by atoms with Crippen LogP contribution in [-0.4, -0.2) is 33.4 Å². The average molecular weight is 267 g/mol. The first kappa shape index (κ1) is 11.8. The molecule has 1 aromatic carbocycles. The van der Waals surface area contributed by atoms with Crippen molar-refractivity contribution in [3.8, 4) is 5.75 Å². The van der Waals surface area contributed by atoms with Gasteiger partial charge in [0, 0.05) is 12.1 Å². The third kappa shape index (κ3) is 2.20. The minimum Gasteiger partial charge on any atom is -0.434 e. The van der Waals surface area contributed by atoms with E-state index in [4.69, 9.17) is 0 Å². The number of tetrazole rings is 1. The van der Waals surface area contributed by atoms with Gasteiger partial charge in [0.2, 0.25) is 5.95 Å². The molecule has 19 heavy (non-hydrogen) atoms. The number of halogens is 2. The number of alkyl halides is 2. The van der Waals surface area contributed by atoms with Gasteiger partial charge in [0.25, 0.3) is 0 Å². The minimum atomic E-state index is -2.85. The molecule has 0 saturated heterocycles. The molecular weight excluding hydrogens is 256 g/mol. The van der Waals surface area contributed by atoms with Crippen LogP contribution in [0.3, 0.4) is 0 Å². The van der Waals surface area contributed by atoms with Crippen molar-refractivity contribution < 1.29 is 13.5 Å². The van der Waals surface area contributed by atoms with Gasteiger partial charge in [0.1, 0.15) is 5.75 Å². The summed E-state index contributed by atoms with van der Waals surface area (Å²) in [6, 6.07) is 6.50. The van der Waals surface area contributed by atoms with Crippen molar-refractivity contribution in [2.24, 2.45) is 0 Å². The number of hydrogen-bond acceptors (Lipinski definition) is 5. The summed E-state index contributed by atoms with van der Waals surface area (Å²) >= 11 is 0. The smallest absolute Gasteiger partial charge is 0.387 e. The Morgan fingerprint density at radius 1 is 1.37 bits per heavy atom. The summed E-state index contributed by atoms with van der Waals surface area (Å²) < 4.78 is 31.0. The van der Waals surface area contributed by atoms with Gasteiger partial charge in [-0.2, -0.15) is 8.78 Å². The molecule has 1 unspecified atom stereocenters. The predicted molar refractivity (Wildman–Crippen MR) is 62.1 cm³/mol. The molecule has 0 radical (unpaired) electrons. The van der Waals surface area contributed by atoms with Crippen molar-refractivity contribution in [1.29, 1.82) is 0 Å². The highest BCUT2D eigenvalue weighted by Gasteiger charge is 2.26. The molecule has 0 amide bonds. The van der Waals surface area contributed by atoms with Gasteiger partial charge in [-0.3, -0.25) is 0 Å². The molecule has 0 fully saturated rings. The van der Waals surface area contributed by atoms with Crippen molar-refractivity contribution >= 4 is 5.95 Å². The van der Waals surface area contributed by atoms with E-state index in [-0.39, 0.29) is 11.8 Å². The Balaban J connectivity index is 2.00. The highest BCUT2D eigenvalue weighted by molar-refractivity contribution is 5.39. The van der Waals surface area contributed by atoms with Crippen molar-refractivity contribution in [3.05, 3.63) is 29.8 Å². The molecule has 8 heteroatoms. The van der Waals surface area contributed by atoms with Gasteiger partial charge in [0.05, 0.1) is 6.04 Å². The zero-order valence-electron chi connectivity index (χ0n) is 9.83. The van der Waals surface area contributed by atoms with E-state index in [1.54, 1.807) is 22.9 Å². The van der Waals surface area contributed by atoms with Crippen LogP contribution in [0.2, 0.25) is 0 Å². The van der Waals surface area contributed by atoms with Crippen molar-refractivity contribution in [2.45, 2.75) is 19.1 Å². The van der Waals surface area contributed by atoms with E-state index in [9.17, 15) is 8.78 Å². The van der Waals surface area contributed by atoms with E-state index >= 15 is 0 Å². The Morgan fingerprint density at radius 3 is 3.05 bits per heavy atom. The van der Waals surface area contributed by atoms with Gasteiger partial charge in [-0.15, -0.1) is 0 Å². The number of anilines is 1. The quantitative estimate of drug-likeness (QED) is 0.916. The second kappa shape index (κ2) is 4.79. The topological polar surface area (TPSA) is 64.9 Å². The zero-order valence-corrected chi connectivity index (χ0v) is 9.83. The molecule has 1 aromatic heterocycles. The SMILES string of the molecule is FC(F)Oc1ccccc1C1CCNc2nnnn21. The zero-order chi connectivity index (χ0) is 13.2. The molecule has 6 nitrogen and oxygen atoms in total. The monoisotopic (exact) mass is 267 g/mol. The van der Waals surface area contributed by atoms with Gasteiger partial charge in [-0.05, 0) is 22.9 Å². The second-order valence-electron chi connectivity index (χ2n) is 4.09. The van der Waals surface area contributed by atoms with Gasteiger partial charge < -0.3 is 10.1 Å². The number of aromatic nitrogens is 4. The van der Waals surface area contributed by atoms with E-state index in [1.165, 1.54) is 6.07 Å². The number of para-hydroxylation sites is 1. The third-order valence-corrected chi connectivity index (χ3v) is 2.98. The Hall–Kier alpha value is -2.25. The van der Waals surface area contributed by atoms with E-state index < -0.39 is 6.61 Å². The maximum Gasteiger partial charge on any atom is 0.387 e. The fourth-order valence-electron chi connectivity index (χ4n) is 2.21. The van der Waals surface area contributed by atoms with E-state index in [1.807, 2.05) is 0 Å². The highest BCUT2D eigenvalue weighted by atomic mass is 19.3. The molecule has 0 spiro atoms. The van der Waals surface area contributed by atoms with Gasteiger partial charge >= 0.3 is 6.61 Å². The Morgan fingerprint density at radius 2 is 2.21 bits per heavy atom. The molecule has 1 N–H and O–H groups in total. The first-order chi connectivity index (χ1) is 9.25. The summed E-state index contributed by atoms with van der Waals surface area (Å²) in [5.74, 6) is 0.689. The molecule has 1 aliphatic heterocycles. The first-order valence-corrected chi connectivity index (χ1v) is 5.81. The lowest BCUT2D eigenvalue weighted by molar-refractivity contribution is -0.0507. The maximum absolute atomic E-state index is 12.4. The standard InChI is InChI=1S/C11H11F2N5O/c12-10(13)19-9-4-2-1-3-7(9)8-5-6-14-11-15-16-17-18(8)11/h1-4,8,10H,5-6H2,(H,14,15,17). The number of nitrogens with one attached hydrogen (secondary N) is 1. The Bertz CT molecular complexity index is 574. The lowest BCUT2D eigenvalue weighted by atomic mass is 10.0. The summed E-state index contributed by atoms with van der Waals surface area (Å²) in [5, 5.41) is 14.3. The summed E-state index contributed by atoms with van der Waals surface area (Å²) in [7, 11) is 0. The van der Waals surface area contributed by atoms with Crippen LogP contribution >= 0.6 is 0 Å². The summed E-state index contributed by atoms with van der Waals surface area (Å²) in [6.45, 7) is -2.18. The molecule has 3 rings (SSSR count). The number of nitrogens with zero attached hydrogens (tertiary/aromatic N) is 4. The largest absolute Gasteiger partial charge is 0.434 e. The molecule has 100 valence electrons. The van der Waals surface area contributed by atoms with Crippen LogP contribution in [0.1, 0.15) is 18.0 Å². The average Bonchev–Trinajstić information content (AvgIpc) is 2.87. The molecule has 1 atom stereocenters. The van der Waals surface area contributed by atoms with Gasteiger partial charge in [-0.25, -0.2) is 4.68 Å². The summed E-state index contributed by atoms with van der Waals surface area (Å²) in [5.41, 5.74) is 0.651. The molecule has 2 aromatic rings. The van der Waals surface area contributed by atoms with E-state index in [0.717, 1.165) is 0 Å². The fraction of sp³-hybridized carbons (Fsp3) is 0.364. The van der Waals surface area contributed by atoms with Gasteiger partial charge in [-0.1, -0.05) is 23.3 Å². The van der Waals surface area contributed by atoms with Crippen LogP contribution in [-0.2, 0) is 0 Å². The minimum absolute atomic E-state index is 0.158. The summed E-state index contributed by atoms with van der Waals surface area (Å²) in [6.07, 6.45) is 0.696. The molecule has 0 bridgehead atoms. The van der Waals surface area contributed by atoms with Crippen LogP contribution in [0.5, 0.6) is 5.75 Å². The van der Waals surface area contributed by atoms with Crippen LogP contribution in [0.25, 0.3) is 0 Å². The highest BCUT2D eigenvalue weighted by Crippen LogP contribution is 2.33. The Kier molecular flexibility index (Phi) is 2.98. The Labute approximate surface area is 107 Å². The van der Waals surface area contributed by atoms with Crippen molar-refractivity contribution in [1.82, 2.24) is 20.2 Å². The number of benzene rings is 1. The van der Waals surface area contributed by atoms with Crippen LogP contribution < -0.4 is 10.1 Å². The third-order valence-electron chi connectivity index (χ3n) is 2.98. The van der Waals surface area contributed by atoms with Crippen LogP contribution in [0.15, 0.2) is 24.3 Å². The lowest BCUT2D eigenvalue weighted by Gasteiger charge is -2.25. The fourth-order valence-corrected chi connectivity index (χ4v) is 2.21. The van der Waals surface area contributed by atoms with Gasteiger partial charge in [0.15, 0.2) is 0 Å². The number of ether oxygens (including phenoxy) is 1. The van der Waals surface area contributed by atoms with E-state index in [2.05, 4.69) is 25.6 Å². The molecule has 0 aliphatic carbocycles. The summed E-state index contributed by atoms with van der Waals surface area (Å²) in [4.78, 5) is 0. The lowest BCUT2D eigenvalue weighted by Crippen LogP contribution is -2.25. The molecule has 1 aliphatic rings.